The lowest BCUT2D eigenvalue weighted by molar-refractivity contribution is 0.660. The minimum absolute atomic E-state index is 0.0594. The Morgan fingerprint density at radius 1 is 0.327 bits per heavy atom. The molecule has 1 heterocycles. The van der Waals surface area contributed by atoms with Crippen molar-refractivity contribution >= 4 is 54.1 Å². The highest BCUT2D eigenvalue weighted by Gasteiger charge is 2.35. The molecule has 0 saturated heterocycles. The summed E-state index contributed by atoms with van der Waals surface area (Å²) in [7, 11) is 0. The van der Waals surface area contributed by atoms with Crippen molar-refractivity contribution in [2.45, 2.75) is 19.3 Å². The Bertz CT molecular complexity index is 3060. The molecule has 0 unspecified atom stereocenters. The SMILES string of the molecule is CC1(C)c2ccccc2-c2ccc(-c3ccccc3-n3c4ccccc4c4ccc(-c5ccc6c7ccccc7c7ccccc7c6c5)cc43)cc21. The van der Waals surface area contributed by atoms with E-state index in [2.05, 4.69) is 194 Å². The summed E-state index contributed by atoms with van der Waals surface area (Å²) in [5, 5.41) is 10.3. The smallest absolute Gasteiger partial charge is 0.0547 e. The van der Waals surface area contributed by atoms with Crippen molar-refractivity contribution in [1.29, 1.82) is 0 Å². The lowest BCUT2D eigenvalue weighted by Gasteiger charge is -2.22. The van der Waals surface area contributed by atoms with Crippen LogP contribution in [0.15, 0.2) is 176 Å². The maximum Gasteiger partial charge on any atom is 0.0547 e. The molecule has 11 rings (SSSR count). The Balaban J connectivity index is 1.13. The number of hydrogen-bond acceptors (Lipinski definition) is 0. The minimum atomic E-state index is -0.0594. The van der Waals surface area contributed by atoms with Crippen LogP contribution in [-0.4, -0.2) is 4.57 Å². The van der Waals surface area contributed by atoms with Crippen LogP contribution in [0.2, 0.25) is 0 Å². The third kappa shape index (κ3) is 4.05. The van der Waals surface area contributed by atoms with Crippen molar-refractivity contribution in [1.82, 2.24) is 4.57 Å². The lowest BCUT2D eigenvalue weighted by atomic mass is 9.81. The molecule has 0 radical (unpaired) electrons. The number of hydrogen-bond donors (Lipinski definition) is 0. The van der Waals surface area contributed by atoms with Crippen molar-refractivity contribution in [3.63, 3.8) is 0 Å². The fourth-order valence-corrected chi connectivity index (χ4v) is 9.28. The Morgan fingerprint density at radius 3 is 1.58 bits per heavy atom. The summed E-state index contributed by atoms with van der Waals surface area (Å²) in [5.74, 6) is 0. The average molecular weight is 662 g/mol. The molecule has 52 heavy (non-hydrogen) atoms. The van der Waals surface area contributed by atoms with Gasteiger partial charge >= 0.3 is 0 Å². The van der Waals surface area contributed by atoms with E-state index in [-0.39, 0.29) is 5.41 Å². The molecule has 1 aliphatic rings. The second-order valence-corrected chi connectivity index (χ2v) is 14.9. The molecule has 1 nitrogen and oxygen atoms in total. The van der Waals surface area contributed by atoms with Crippen LogP contribution in [0.3, 0.4) is 0 Å². The third-order valence-corrected chi connectivity index (χ3v) is 11.8. The standard InChI is InChI=1S/C51H35N/c1-51(2)46-20-10-7-18-41(46)42-27-25-34(30-47(42)51)35-13-8-11-21-48(35)52-49-22-12-9-19-43(49)44-28-24-33(31-50(44)52)32-23-26-40-38-16-4-3-14-36(38)37-15-5-6-17-39(37)45(40)29-32/h3-31H,1-2H3. The number of aromatic nitrogens is 1. The highest BCUT2D eigenvalue weighted by Crippen LogP contribution is 2.50. The van der Waals surface area contributed by atoms with Crippen LogP contribution in [0.5, 0.6) is 0 Å². The molecule has 1 aliphatic carbocycles. The quantitative estimate of drug-likeness (QED) is 0.166. The van der Waals surface area contributed by atoms with Crippen LogP contribution in [0, 0.1) is 0 Å². The van der Waals surface area contributed by atoms with Gasteiger partial charge in [0.05, 0.1) is 16.7 Å². The first-order chi connectivity index (χ1) is 25.6. The van der Waals surface area contributed by atoms with E-state index in [1.165, 1.54) is 104 Å². The second-order valence-electron chi connectivity index (χ2n) is 14.9. The van der Waals surface area contributed by atoms with Gasteiger partial charge in [-0.15, -0.1) is 0 Å². The summed E-state index contributed by atoms with van der Waals surface area (Å²) in [5.41, 5.74) is 14.0. The lowest BCUT2D eigenvalue weighted by Crippen LogP contribution is -2.14. The predicted octanol–water partition coefficient (Wildman–Crippen LogP) is 13.9. The summed E-state index contributed by atoms with van der Waals surface area (Å²) in [6.07, 6.45) is 0. The van der Waals surface area contributed by atoms with Crippen LogP contribution >= 0.6 is 0 Å². The van der Waals surface area contributed by atoms with Gasteiger partial charge in [0.15, 0.2) is 0 Å². The van der Waals surface area contributed by atoms with Gasteiger partial charge in [-0.2, -0.15) is 0 Å². The van der Waals surface area contributed by atoms with E-state index >= 15 is 0 Å². The molecule has 244 valence electrons. The molecule has 0 bridgehead atoms. The van der Waals surface area contributed by atoms with Crippen LogP contribution in [0.4, 0.5) is 0 Å². The van der Waals surface area contributed by atoms with Gasteiger partial charge in [0.25, 0.3) is 0 Å². The van der Waals surface area contributed by atoms with Gasteiger partial charge in [0.1, 0.15) is 0 Å². The van der Waals surface area contributed by atoms with E-state index in [4.69, 9.17) is 0 Å². The molecule has 0 atom stereocenters. The maximum atomic E-state index is 2.49. The summed E-state index contributed by atoms with van der Waals surface area (Å²) in [6, 6.07) is 65.4. The minimum Gasteiger partial charge on any atom is -0.309 e. The third-order valence-electron chi connectivity index (χ3n) is 11.8. The largest absolute Gasteiger partial charge is 0.309 e. The van der Waals surface area contributed by atoms with Crippen molar-refractivity contribution in [3.05, 3.63) is 187 Å². The van der Waals surface area contributed by atoms with Crippen LogP contribution in [0.1, 0.15) is 25.0 Å². The number of fused-ring (bicyclic) bond motifs is 12. The highest BCUT2D eigenvalue weighted by molar-refractivity contribution is 6.25. The van der Waals surface area contributed by atoms with E-state index in [9.17, 15) is 0 Å². The van der Waals surface area contributed by atoms with Crippen LogP contribution in [0.25, 0.3) is 93.2 Å². The van der Waals surface area contributed by atoms with Crippen molar-refractivity contribution in [2.24, 2.45) is 0 Å². The fourth-order valence-electron chi connectivity index (χ4n) is 9.28. The molecular weight excluding hydrogens is 627 g/mol. The first-order valence-electron chi connectivity index (χ1n) is 18.3. The van der Waals surface area contributed by atoms with E-state index in [0.29, 0.717) is 0 Å². The molecule has 1 aromatic heterocycles. The van der Waals surface area contributed by atoms with Crippen molar-refractivity contribution in [3.8, 4) is 39.1 Å². The topological polar surface area (TPSA) is 4.93 Å². The Morgan fingerprint density at radius 2 is 0.827 bits per heavy atom. The van der Waals surface area contributed by atoms with E-state index in [1.807, 2.05) is 0 Å². The second kappa shape index (κ2) is 10.8. The van der Waals surface area contributed by atoms with Gasteiger partial charge in [-0.3, -0.25) is 0 Å². The van der Waals surface area contributed by atoms with E-state index < -0.39 is 0 Å². The predicted molar refractivity (Wildman–Crippen MR) is 222 cm³/mol. The number of nitrogens with zero attached hydrogens (tertiary/aromatic N) is 1. The van der Waals surface area contributed by atoms with E-state index in [1.54, 1.807) is 0 Å². The Kier molecular flexibility index (Phi) is 6.08. The molecule has 0 N–H and O–H groups in total. The maximum absolute atomic E-state index is 2.49. The van der Waals surface area contributed by atoms with Gasteiger partial charge in [0, 0.05) is 21.8 Å². The molecule has 0 aliphatic heterocycles. The molecule has 0 saturated carbocycles. The van der Waals surface area contributed by atoms with Gasteiger partial charge in [0.2, 0.25) is 0 Å². The molecule has 0 amide bonds. The number of para-hydroxylation sites is 2. The Labute approximate surface area is 303 Å². The number of benzene rings is 9. The summed E-state index contributed by atoms with van der Waals surface area (Å²) < 4.78 is 2.49. The molecule has 0 spiro atoms. The van der Waals surface area contributed by atoms with Crippen molar-refractivity contribution in [2.75, 3.05) is 0 Å². The first-order valence-corrected chi connectivity index (χ1v) is 18.3. The zero-order chi connectivity index (χ0) is 34.6. The zero-order valence-electron chi connectivity index (χ0n) is 29.2. The number of rotatable bonds is 3. The van der Waals surface area contributed by atoms with E-state index in [0.717, 1.165) is 0 Å². The molecule has 9 aromatic carbocycles. The Hall–Kier alpha value is -6.44. The summed E-state index contributed by atoms with van der Waals surface area (Å²) >= 11 is 0. The molecule has 1 heteroatoms. The highest BCUT2D eigenvalue weighted by atomic mass is 15.0. The first kappa shape index (κ1) is 29.3. The fraction of sp³-hybridized carbons (Fsp3) is 0.0588. The van der Waals surface area contributed by atoms with Crippen molar-refractivity contribution < 1.29 is 0 Å². The zero-order valence-corrected chi connectivity index (χ0v) is 29.2. The average Bonchev–Trinajstić information content (AvgIpc) is 3.65. The molecular formula is C51H35N. The van der Waals surface area contributed by atoms with Gasteiger partial charge in [-0.25, -0.2) is 0 Å². The normalized spacial score (nSPS) is 13.3. The van der Waals surface area contributed by atoms with Gasteiger partial charge < -0.3 is 4.57 Å². The van der Waals surface area contributed by atoms with Gasteiger partial charge in [-0.1, -0.05) is 159 Å². The summed E-state index contributed by atoms with van der Waals surface area (Å²) in [4.78, 5) is 0. The monoisotopic (exact) mass is 661 g/mol. The molecule has 10 aromatic rings. The van der Waals surface area contributed by atoms with Crippen LogP contribution < -0.4 is 0 Å². The summed E-state index contributed by atoms with van der Waals surface area (Å²) in [6.45, 7) is 4.72. The van der Waals surface area contributed by atoms with Gasteiger partial charge in [-0.05, 0) is 102 Å². The van der Waals surface area contributed by atoms with Crippen LogP contribution in [-0.2, 0) is 5.41 Å². The molecule has 0 fully saturated rings.